The lowest BCUT2D eigenvalue weighted by atomic mass is 10.0. The number of nitrogens with zero attached hydrogens (tertiary/aromatic N) is 3. The summed E-state index contributed by atoms with van der Waals surface area (Å²) in [5.41, 5.74) is 3.08. The van der Waals surface area contributed by atoms with Crippen molar-refractivity contribution >= 4 is 12.4 Å². The van der Waals surface area contributed by atoms with Crippen LogP contribution in [0, 0.1) is 5.82 Å². The van der Waals surface area contributed by atoms with E-state index in [1.165, 1.54) is 6.07 Å². The average Bonchev–Trinajstić information content (AvgIpc) is 3.11. The molecule has 1 fully saturated rings. The number of aromatic nitrogens is 2. The van der Waals surface area contributed by atoms with E-state index in [0.29, 0.717) is 0 Å². The maximum atomic E-state index is 13.6. The predicted octanol–water partition coefficient (Wildman–Crippen LogP) is 3.58. The summed E-state index contributed by atoms with van der Waals surface area (Å²) in [5.74, 6) is -0.184. The molecule has 1 aliphatic heterocycles. The Morgan fingerprint density at radius 1 is 1.08 bits per heavy atom. The maximum absolute atomic E-state index is 13.6. The van der Waals surface area contributed by atoms with Crippen LogP contribution in [0.4, 0.5) is 4.39 Å². The molecule has 1 unspecified atom stereocenters. The Balaban J connectivity index is 0.00000196. The molecule has 1 aromatic heterocycles. The summed E-state index contributed by atoms with van der Waals surface area (Å²) < 4.78 is 15.5. The minimum absolute atomic E-state index is 0. The fourth-order valence-electron chi connectivity index (χ4n) is 3.36. The second-order valence-corrected chi connectivity index (χ2v) is 6.33. The Morgan fingerprint density at radius 3 is 2.73 bits per heavy atom. The predicted molar refractivity (Wildman–Crippen MR) is 103 cm³/mol. The van der Waals surface area contributed by atoms with Crippen molar-refractivity contribution in [3.8, 4) is 5.69 Å². The van der Waals surface area contributed by atoms with Gasteiger partial charge in [0.2, 0.25) is 0 Å². The highest BCUT2D eigenvalue weighted by atomic mass is 35.5. The van der Waals surface area contributed by atoms with Gasteiger partial charge in [-0.2, -0.15) is 5.10 Å². The van der Waals surface area contributed by atoms with E-state index >= 15 is 0 Å². The first kappa shape index (κ1) is 18.6. The van der Waals surface area contributed by atoms with Gasteiger partial charge in [-0.15, -0.1) is 12.4 Å². The molecule has 136 valence electrons. The van der Waals surface area contributed by atoms with Crippen molar-refractivity contribution in [2.45, 2.75) is 12.6 Å². The Kier molecular flexibility index (Phi) is 6.04. The van der Waals surface area contributed by atoms with Crippen molar-refractivity contribution in [1.82, 2.24) is 20.0 Å². The molecule has 4 rings (SSSR count). The molecule has 0 aliphatic carbocycles. The number of rotatable bonds is 4. The second-order valence-electron chi connectivity index (χ2n) is 6.33. The van der Waals surface area contributed by atoms with Gasteiger partial charge < -0.3 is 5.32 Å². The van der Waals surface area contributed by atoms with Gasteiger partial charge in [-0.05, 0) is 35.9 Å². The van der Waals surface area contributed by atoms with Crippen LogP contribution < -0.4 is 5.32 Å². The number of piperazine rings is 1. The molecule has 1 aliphatic rings. The molecule has 6 heteroatoms. The maximum Gasteiger partial charge on any atom is 0.123 e. The molecule has 2 aromatic carbocycles. The molecule has 26 heavy (non-hydrogen) atoms. The van der Waals surface area contributed by atoms with Crippen molar-refractivity contribution < 1.29 is 4.39 Å². The molecular weight excluding hydrogens is 351 g/mol. The highest BCUT2D eigenvalue weighted by Gasteiger charge is 2.24. The first-order valence-electron chi connectivity index (χ1n) is 8.60. The number of benzene rings is 2. The zero-order valence-corrected chi connectivity index (χ0v) is 15.2. The molecular formula is C20H22ClFN4. The van der Waals surface area contributed by atoms with Crippen LogP contribution in [0.3, 0.4) is 0 Å². The minimum Gasteiger partial charge on any atom is -0.314 e. The van der Waals surface area contributed by atoms with Gasteiger partial charge in [0.15, 0.2) is 0 Å². The zero-order chi connectivity index (χ0) is 17.1. The largest absolute Gasteiger partial charge is 0.314 e. The van der Waals surface area contributed by atoms with Crippen LogP contribution in [0.1, 0.15) is 17.3 Å². The Hall–Kier alpha value is -2.21. The van der Waals surface area contributed by atoms with Gasteiger partial charge in [0.05, 0.1) is 11.4 Å². The van der Waals surface area contributed by atoms with Gasteiger partial charge in [0.1, 0.15) is 5.82 Å². The van der Waals surface area contributed by atoms with Crippen molar-refractivity contribution in [2.24, 2.45) is 0 Å². The molecule has 0 amide bonds. The quantitative estimate of drug-likeness (QED) is 0.760. The zero-order valence-electron chi connectivity index (χ0n) is 14.4. The highest BCUT2D eigenvalue weighted by Crippen LogP contribution is 2.24. The van der Waals surface area contributed by atoms with E-state index in [4.69, 9.17) is 5.10 Å². The standard InChI is InChI=1S/C20H21FN4.ClH/c21-17-6-4-5-16(13-17)20-14-22-10-12-24(20)15-18-9-11-25(23-18)19-7-2-1-3-8-19;/h1-9,11,13,20,22H,10,12,14-15H2;1H. The lowest BCUT2D eigenvalue weighted by Gasteiger charge is -2.36. The Bertz CT molecular complexity index is 837. The van der Waals surface area contributed by atoms with Gasteiger partial charge in [0.25, 0.3) is 0 Å². The van der Waals surface area contributed by atoms with Gasteiger partial charge in [-0.1, -0.05) is 30.3 Å². The van der Waals surface area contributed by atoms with Crippen LogP contribution >= 0.6 is 12.4 Å². The molecule has 0 bridgehead atoms. The summed E-state index contributed by atoms with van der Waals surface area (Å²) in [6.07, 6.45) is 1.99. The number of para-hydroxylation sites is 1. The van der Waals surface area contributed by atoms with Crippen LogP contribution in [0.15, 0.2) is 66.9 Å². The SMILES string of the molecule is Cl.Fc1cccc(C2CNCCN2Cc2ccn(-c3ccccc3)n2)c1. The van der Waals surface area contributed by atoms with Gasteiger partial charge in [-0.3, -0.25) is 4.90 Å². The van der Waals surface area contributed by atoms with E-state index in [0.717, 1.165) is 43.1 Å². The van der Waals surface area contributed by atoms with Gasteiger partial charge in [0, 0.05) is 38.4 Å². The highest BCUT2D eigenvalue weighted by molar-refractivity contribution is 5.85. The lowest BCUT2D eigenvalue weighted by Crippen LogP contribution is -2.45. The monoisotopic (exact) mass is 372 g/mol. The molecule has 1 saturated heterocycles. The fraction of sp³-hybridized carbons (Fsp3) is 0.250. The third-order valence-corrected chi connectivity index (χ3v) is 4.62. The van der Waals surface area contributed by atoms with E-state index in [1.54, 1.807) is 12.1 Å². The summed E-state index contributed by atoms with van der Waals surface area (Å²) in [6.45, 7) is 3.43. The van der Waals surface area contributed by atoms with Crippen LogP contribution in [0.2, 0.25) is 0 Å². The Labute approximate surface area is 159 Å². The molecule has 1 N–H and O–H groups in total. The van der Waals surface area contributed by atoms with E-state index in [-0.39, 0.29) is 24.3 Å². The molecule has 0 saturated carbocycles. The smallest absolute Gasteiger partial charge is 0.123 e. The summed E-state index contributed by atoms with van der Waals surface area (Å²) >= 11 is 0. The topological polar surface area (TPSA) is 33.1 Å². The molecule has 4 nitrogen and oxygen atoms in total. The van der Waals surface area contributed by atoms with E-state index < -0.39 is 0 Å². The van der Waals surface area contributed by atoms with Crippen LogP contribution in [0.25, 0.3) is 5.69 Å². The van der Waals surface area contributed by atoms with Crippen molar-refractivity contribution in [2.75, 3.05) is 19.6 Å². The number of hydrogen-bond donors (Lipinski definition) is 1. The van der Waals surface area contributed by atoms with Crippen LogP contribution in [-0.2, 0) is 6.54 Å². The number of nitrogens with one attached hydrogen (secondary N) is 1. The second kappa shape index (κ2) is 8.45. The Morgan fingerprint density at radius 2 is 1.92 bits per heavy atom. The van der Waals surface area contributed by atoms with Crippen LogP contribution in [-0.4, -0.2) is 34.3 Å². The minimum atomic E-state index is -0.184. The third kappa shape index (κ3) is 4.12. The van der Waals surface area contributed by atoms with Crippen molar-refractivity contribution in [3.05, 3.63) is 83.9 Å². The summed E-state index contributed by atoms with van der Waals surface area (Å²) in [5, 5.41) is 8.11. The van der Waals surface area contributed by atoms with Gasteiger partial charge >= 0.3 is 0 Å². The first-order valence-corrected chi connectivity index (χ1v) is 8.60. The fourth-order valence-corrected chi connectivity index (χ4v) is 3.36. The average molecular weight is 373 g/mol. The molecule has 2 heterocycles. The van der Waals surface area contributed by atoms with E-state index in [2.05, 4.69) is 16.3 Å². The first-order chi connectivity index (χ1) is 12.3. The van der Waals surface area contributed by atoms with Crippen LogP contribution in [0.5, 0.6) is 0 Å². The third-order valence-electron chi connectivity index (χ3n) is 4.62. The molecule has 0 radical (unpaired) electrons. The molecule has 3 aromatic rings. The van der Waals surface area contributed by atoms with Crippen molar-refractivity contribution in [1.29, 1.82) is 0 Å². The van der Waals surface area contributed by atoms with E-state index in [1.807, 2.05) is 47.3 Å². The summed E-state index contributed by atoms with van der Waals surface area (Å²) in [7, 11) is 0. The van der Waals surface area contributed by atoms with Gasteiger partial charge in [-0.25, -0.2) is 9.07 Å². The molecule has 1 atom stereocenters. The summed E-state index contributed by atoms with van der Waals surface area (Å²) in [4.78, 5) is 2.36. The van der Waals surface area contributed by atoms with E-state index in [9.17, 15) is 4.39 Å². The van der Waals surface area contributed by atoms with Crippen molar-refractivity contribution in [3.63, 3.8) is 0 Å². The lowest BCUT2D eigenvalue weighted by molar-refractivity contribution is 0.151. The normalized spacial score (nSPS) is 17.7. The summed E-state index contributed by atoms with van der Waals surface area (Å²) in [6, 6.07) is 19.2. The molecule has 0 spiro atoms. The number of hydrogen-bond acceptors (Lipinski definition) is 3. The number of halogens is 2.